The zero-order valence-electron chi connectivity index (χ0n) is 14.8. The summed E-state index contributed by atoms with van der Waals surface area (Å²) in [5.41, 5.74) is 8.35. The fourth-order valence-electron chi connectivity index (χ4n) is 2.25. The molecule has 3 aromatic carbocycles. The third-order valence-electron chi connectivity index (χ3n) is 3.51. The standard InChI is InChI=1S/C14H14N2O.C8H7ClO/c17-14(11-12-7-3-1-4-8-12)16-15-13-9-5-2-6-10-13;9-8(10)6-7-4-2-1-3-5-7/h1-10,15H,11H2,(H,16,17);1-5H,6H2. The summed E-state index contributed by atoms with van der Waals surface area (Å²) in [5, 5.41) is -0.314. The summed E-state index contributed by atoms with van der Waals surface area (Å²) >= 11 is 5.17. The van der Waals surface area contributed by atoms with Crippen LogP contribution in [0.25, 0.3) is 0 Å². The van der Waals surface area contributed by atoms with E-state index in [4.69, 9.17) is 11.6 Å². The van der Waals surface area contributed by atoms with Crippen LogP contribution in [-0.4, -0.2) is 11.1 Å². The molecule has 0 aliphatic carbocycles. The maximum absolute atomic E-state index is 11.6. The Morgan fingerprint density at radius 2 is 1.11 bits per heavy atom. The van der Waals surface area contributed by atoms with E-state index in [9.17, 15) is 9.59 Å². The number of hydrazine groups is 1. The molecule has 0 fully saturated rings. The second-order valence-electron chi connectivity index (χ2n) is 5.72. The maximum Gasteiger partial charge on any atom is 0.242 e. The van der Waals surface area contributed by atoms with Crippen molar-refractivity contribution >= 4 is 28.4 Å². The van der Waals surface area contributed by atoms with Gasteiger partial charge in [0.25, 0.3) is 0 Å². The van der Waals surface area contributed by atoms with Gasteiger partial charge in [0.1, 0.15) is 0 Å². The van der Waals surface area contributed by atoms with Gasteiger partial charge in [-0.3, -0.25) is 20.4 Å². The van der Waals surface area contributed by atoms with E-state index in [1.165, 1.54) is 0 Å². The van der Waals surface area contributed by atoms with Gasteiger partial charge in [-0.15, -0.1) is 0 Å². The zero-order chi connectivity index (χ0) is 19.3. The van der Waals surface area contributed by atoms with Gasteiger partial charge < -0.3 is 0 Å². The molecule has 0 bridgehead atoms. The molecule has 0 radical (unpaired) electrons. The SMILES string of the molecule is O=C(Cc1ccccc1)NNc1ccccc1.O=C(Cl)Cc1ccccc1. The van der Waals surface area contributed by atoms with E-state index >= 15 is 0 Å². The molecule has 0 saturated carbocycles. The molecule has 2 N–H and O–H groups in total. The number of rotatable bonds is 6. The molecule has 0 aromatic heterocycles. The van der Waals surface area contributed by atoms with Crippen molar-refractivity contribution in [2.75, 3.05) is 5.43 Å². The second-order valence-corrected chi connectivity index (χ2v) is 6.14. The van der Waals surface area contributed by atoms with Crippen molar-refractivity contribution in [1.29, 1.82) is 0 Å². The van der Waals surface area contributed by atoms with Crippen molar-refractivity contribution < 1.29 is 9.59 Å². The van der Waals surface area contributed by atoms with Crippen LogP contribution in [0, 0.1) is 0 Å². The van der Waals surface area contributed by atoms with Crippen molar-refractivity contribution in [3.8, 4) is 0 Å². The molecule has 0 aliphatic heterocycles. The van der Waals surface area contributed by atoms with Crippen LogP contribution in [0.5, 0.6) is 0 Å². The van der Waals surface area contributed by atoms with Crippen LogP contribution < -0.4 is 10.9 Å². The van der Waals surface area contributed by atoms with Gasteiger partial charge in [0.05, 0.1) is 12.1 Å². The zero-order valence-corrected chi connectivity index (χ0v) is 15.5. The number of hydrogen-bond donors (Lipinski definition) is 2. The van der Waals surface area contributed by atoms with Crippen molar-refractivity contribution in [3.05, 3.63) is 102 Å². The minimum atomic E-state index is -0.314. The van der Waals surface area contributed by atoms with Crippen LogP contribution in [0.1, 0.15) is 11.1 Å². The number of anilines is 1. The first-order chi connectivity index (χ1) is 13.1. The van der Waals surface area contributed by atoms with E-state index in [0.29, 0.717) is 12.8 Å². The Bertz CT molecular complexity index is 825. The molecule has 3 aromatic rings. The average molecular weight is 381 g/mol. The van der Waals surface area contributed by atoms with Gasteiger partial charge in [0.2, 0.25) is 11.1 Å². The van der Waals surface area contributed by atoms with Crippen LogP contribution >= 0.6 is 11.6 Å². The maximum atomic E-state index is 11.6. The first kappa shape index (κ1) is 20.2. The van der Waals surface area contributed by atoms with Gasteiger partial charge in [-0.1, -0.05) is 78.9 Å². The van der Waals surface area contributed by atoms with Crippen LogP contribution in [0.4, 0.5) is 5.69 Å². The van der Waals surface area contributed by atoms with E-state index in [0.717, 1.165) is 16.8 Å². The monoisotopic (exact) mass is 380 g/mol. The smallest absolute Gasteiger partial charge is 0.242 e. The quantitative estimate of drug-likeness (QED) is 0.493. The normalized spacial score (nSPS) is 9.52. The summed E-state index contributed by atoms with van der Waals surface area (Å²) < 4.78 is 0. The Morgan fingerprint density at radius 3 is 1.59 bits per heavy atom. The minimum Gasteiger partial charge on any atom is -0.299 e. The van der Waals surface area contributed by atoms with Crippen molar-refractivity contribution in [2.45, 2.75) is 12.8 Å². The molecule has 0 spiro atoms. The topological polar surface area (TPSA) is 58.2 Å². The van der Waals surface area contributed by atoms with E-state index in [1.54, 1.807) is 0 Å². The molecule has 3 rings (SSSR count). The Kier molecular flexibility index (Phi) is 8.60. The fourth-order valence-corrected chi connectivity index (χ4v) is 2.40. The summed E-state index contributed by atoms with van der Waals surface area (Å²) in [7, 11) is 0. The van der Waals surface area contributed by atoms with E-state index < -0.39 is 0 Å². The Labute approximate surface area is 164 Å². The molecule has 27 heavy (non-hydrogen) atoms. The lowest BCUT2D eigenvalue weighted by Crippen LogP contribution is -2.30. The molecule has 0 aliphatic rings. The highest BCUT2D eigenvalue weighted by Gasteiger charge is 2.01. The predicted molar refractivity (Wildman–Crippen MR) is 109 cm³/mol. The van der Waals surface area contributed by atoms with Crippen molar-refractivity contribution in [3.63, 3.8) is 0 Å². The van der Waals surface area contributed by atoms with Gasteiger partial charge in [-0.2, -0.15) is 0 Å². The summed E-state index contributed by atoms with van der Waals surface area (Å²) in [5.74, 6) is -0.0555. The van der Waals surface area contributed by atoms with Gasteiger partial charge >= 0.3 is 0 Å². The van der Waals surface area contributed by atoms with Gasteiger partial charge in [0, 0.05) is 6.42 Å². The van der Waals surface area contributed by atoms with Crippen LogP contribution in [0.2, 0.25) is 0 Å². The Morgan fingerprint density at radius 1 is 0.667 bits per heavy atom. The van der Waals surface area contributed by atoms with Gasteiger partial charge in [-0.05, 0) is 34.9 Å². The Balaban J connectivity index is 0.000000223. The minimum absolute atomic E-state index is 0.0555. The van der Waals surface area contributed by atoms with E-state index in [1.807, 2.05) is 91.0 Å². The fraction of sp³-hybridized carbons (Fsp3) is 0.0909. The molecule has 5 heteroatoms. The molecule has 0 unspecified atom stereocenters. The molecule has 0 saturated heterocycles. The highest BCUT2D eigenvalue weighted by molar-refractivity contribution is 6.63. The molecule has 1 amide bonds. The lowest BCUT2D eigenvalue weighted by atomic mass is 10.1. The lowest BCUT2D eigenvalue weighted by molar-refractivity contribution is -0.120. The lowest BCUT2D eigenvalue weighted by Gasteiger charge is -2.08. The Hall–Kier alpha value is -3.11. The molecule has 138 valence electrons. The highest BCUT2D eigenvalue weighted by atomic mass is 35.5. The number of halogens is 1. The van der Waals surface area contributed by atoms with Gasteiger partial charge in [0.15, 0.2) is 0 Å². The molecule has 0 atom stereocenters. The summed E-state index contributed by atoms with van der Waals surface area (Å²) in [6, 6.07) is 28.6. The van der Waals surface area contributed by atoms with Crippen molar-refractivity contribution in [1.82, 2.24) is 5.43 Å². The van der Waals surface area contributed by atoms with E-state index in [2.05, 4.69) is 10.9 Å². The molecular weight excluding hydrogens is 360 g/mol. The number of nitrogens with one attached hydrogen (secondary N) is 2. The number of amides is 1. The molecular formula is C22H21ClN2O2. The number of benzene rings is 3. The average Bonchev–Trinajstić information content (AvgIpc) is 2.69. The second kappa shape index (κ2) is 11.5. The van der Waals surface area contributed by atoms with Crippen LogP contribution in [0.15, 0.2) is 91.0 Å². The predicted octanol–water partition coefficient (Wildman–Crippen LogP) is 4.37. The number of carbonyl (C=O) groups excluding carboxylic acids is 2. The third-order valence-corrected chi connectivity index (χ3v) is 3.65. The largest absolute Gasteiger partial charge is 0.299 e. The first-order valence-corrected chi connectivity index (χ1v) is 8.87. The highest BCUT2D eigenvalue weighted by Crippen LogP contribution is 2.03. The molecule has 0 heterocycles. The number of hydrogen-bond acceptors (Lipinski definition) is 3. The van der Waals surface area contributed by atoms with Crippen molar-refractivity contribution in [2.24, 2.45) is 0 Å². The summed E-state index contributed by atoms with van der Waals surface area (Å²) in [4.78, 5) is 22.0. The number of para-hydroxylation sites is 1. The third kappa shape index (κ3) is 8.70. The summed E-state index contributed by atoms with van der Waals surface area (Å²) in [6.07, 6.45) is 0.697. The molecule has 4 nitrogen and oxygen atoms in total. The van der Waals surface area contributed by atoms with E-state index in [-0.39, 0.29) is 11.1 Å². The van der Waals surface area contributed by atoms with Crippen LogP contribution in [-0.2, 0) is 22.4 Å². The number of carbonyl (C=O) groups is 2. The van der Waals surface area contributed by atoms with Gasteiger partial charge in [-0.25, -0.2) is 0 Å². The van der Waals surface area contributed by atoms with Crippen LogP contribution in [0.3, 0.4) is 0 Å². The first-order valence-electron chi connectivity index (χ1n) is 8.49. The summed E-state index contributed by atoms with van der Waals surface area (Å²) in [6.45, 7) is 0.